The molecule has 3 rings (SSSR count). The highest BCUT2D eigenvalue weighted by molar-refractivity contribution is 5.97. The van der Waals surface area contributed by atoms with E-state index in [1.165, 1.54) is 4.90 Å². The summed E-state index contributed by atoms with van der Waals surface area (Å²) < 4.78 is 61.0. The van der Waals surface area contributed by atoms with E-state index in [1.54, 1.807) is 14.0 Å². The van der Waals surface area contributed by atoms with E-state index in [0.717, 1.165) is 35.0 Å². The van der Waals surface area contributed by atoms with E-state index < -0.39 is 35.3 Å². The van der Waals surface area contributed by atoms with Crippen LogP contribution in [0.5, 0.6) is 0 Å². The van der Waals surface area contributed by atoms with Gasteiger partial charge in [-0.05, 0) is 37.5 Å². The second-order valence-corrected chi connectivity index (χ2v) is 8.68. The van der Waals surface area contributed by atoms with Gasteiger partial charge in [0.15, 0.2) is 0 Å². The number of amides is 1. The number of alkyl halides is 3. The molecule has 0 saturated heterocycles. The lowest BCUT2D eigenvalue weighted by Crippen LogP contribution is -2.39. The lowest BCUT2D eigenvalue weighted by molar-refractivity contribution is -0.138. The molecule has 2 aromatic rings. The number of carbonyl (C=O) groups is 1. The average Bonchev–Trinajstić information content (AvgIpc) is 3.18. The van der Waals surface area contributed by atoms with E-state index in [0.29, 0.717) is 19.4 Å². The Hall–Kier alpha value is -3.20. The molecule has 0 aromatic heterocycles. The Balaban J connectivity index is 1.95. The van der Waals surface area contributed by atoms with E-state index in [2.05, 4.69) is 0 Å². The monoisotopic (exact) mass is 491 g/mol. The quantitative estimate of drug-likeness (QED) is 0.290. The van der Waals surface area contributed by atoms with Crippen molar-refractivity contribution in [3.8, 4) is 0 Å². The van der Waals surface area contributed by atoms with Crippen LogP contribution < -0.4 is 0 Å². The minimum absolute atomic E-state index is 0.0802. The highest BCUT2D eigenvalue weighted by Gasteiger charge is 2.44. The van der Waals surface area contributed by atoms with Crippen LogP contribution in [-0.4, -0.2) is 47.8 Å². The normalized spacial score (nSPS) is 18.0. The summed E-state index contributed by atoms with van der Waals surface area (Å²) >= 11 is 0. The van der Waals surface area contributed by atoms with Gasteiger partial charge in [0.2, 0.25) is 0 Å². The first kappa shape index (κ1) is 26.4. The molecule has 1 unspecified atom stereocenters. The molecule has 0 spiro atoms. The second kappa shape index (κ2) is 10.6. The van der Waals surface area contributed by atoms with Gasteiger partial charge in [-0.1, -0.05) is 43.3 Å². The molecule has 1 aliphatic heterocycles. The standard InChI is InChI=1S/C26H29F4N3O2/c1-4-25(2)23(24(34)32(3)14-13-18-9-6-5-7-10-18)22(16-35-25)33(17-31)15-19-20(26(28,29)30)11-8-12-21(19)27/h5-12,17,31H,4,13-16H2,1-3H3. The van der Waals surface area contributed by atoms with Gasteiger partial charge in [-0.25, -0.2) is 4.39 Å². The van der Waals surface area contributed by atoms with Crippen molar-refractivity contribution < 1.29 is 27.1 Å². The van der Waals surface area contributed by atoms with E-state index in [4.69, 9.17) is 10.1 Å². The zero-order valence-corrected chi connectivity index (χ0v) is 20.0. The van der Waals surface area contributed by atoms with Crippen molar-refractivity contribution in [1.29, 1.82) is 5.41 Å². The fourth-order valence-electron chi connectivity index (χ4n) is 4.14. The molecule has 188 valence electrons. The Morgan fingerprint density at radius 1 is 1.17 bits per heavy atom. The van der Waals surface area contributed by atoms with E-state index >= 15 is 0 Å². The highest BCUT2D eigenvalue weighted by Crippen LogP contribution is 2.39. The highest BCUT2D eigenvalue weighted by atomic mass is 19.4. The SMILES string of the molecule is CCC1(C)OCC(N(C=N)Cc2c(F)cccc2C(F)(F)F)=C1C(=O)N(C)CCc1ccccc1. The number of benzene rings is 2. The summed E-state index contributed by atoms with van der Waals surface area (Å²) in [7, 11) is 1.65. The molecule has 0 bridgehead atoms. The molecular weight excluding hydrogens is 462 g/mol. The molecule has 5 nitrogen and oxygen atoms in total. The summed E-state index contributed by atoms with van der Waals surface area (Å²) in [6.45, 7) is 3.35. The van der Waals surface area contributed by atoms with E-state index in [1.807, 2.05) is 37.3 Å². The summed E-state index contributed by atoms with van der Waals surface area (Å²) in [5.74, 6) is -1.37. The number of hydrogen-bond donors (Lipinski definition) is 1. The summed E-state index contributed by atoms with van der Waals surface area (Å²) in [6.07, 6.45) is -2.90. The number of hydrogen-bond acceptors (Lipinski definition) is 3. The number of nitrogens with zero attached hydrogens (tertiary/aromatic N) is 2. The van der Waals surface area contributed by atoms with Crippen LogP contribution in [0.4, 0.5) is 17.6 Å². The van der Waals surface area contributed by atoms with Gasteiger partial charge in [0.25, 0.3) is 5.91 Å². The minimum atomic E-state index is -4.76. The first-order valence-corrected chi connectivity index (χ1v) is 11.3. The van der Waals surface area contributed by atoms with Gasteiger partial charge in [-0.3, -0.25) is 10.2 Å². The Morgan fingerprint density at radius 2 is 1.86 bits per heavy atom. The van der Waals surface area contributed by atoms with Crippen LogP contribution in [0.15, 0.2) is 59.8 Å². The molecule has 35 heavy (non-hydrogen) atoms. The molecule has 9 heteroatoms. The van der Waals surface area contributed by atoms with Gasteiger partial charge in [0, 0.05) is 19.2 Å². The molecule has 1 aliphatic rings. The fourth-order valence-corrected chi connectivity index (χ4v) is 4.14. The number of likely N-dealkylation sites (N-methyl/N-ethyl adjacent to an activating group) is 1. The van der Waals surface area contributed by atoms with Crippen molar-refractivity contribution >= 4 is 12.2 Å². The molecule has 0 radical (unpaired) electrons. The Kier molecular flexibility index (Phi) is 8.00. The largest absolute Gasteiger partial charge is 0.416 e. The van der Waals surface area contributed by atoms with Crippen LogP contribution in [0.3, 0.4) is 0 Å². The molecule has 0 fully saturated rings. The van der Waals surface area contributed by atoms with Gasteiger partial charge in [-0.15, -0.1) is 0 Å². The smallest absolute Gasteiger partial charge is 0.364 e. The van der Waals surface area contributed by atoms with Gasteiger partial charge < -0.3 is 14.5 Å². The second-order valence-electron chi connectivity index (χ2n) is 8.68. The topological polar surface area (TPSA) is 56.6 Å². The Morgan fingerprint density at radius 3 is 2.46 bits per heavy atom. The Labute approximate surface area is 202 Å². The fraction of sp³-hybridized carbons (Fsp3) is 0.385. The Bertz CT molecular complexity index is 1100. The van der Waals surface area contributed by atoms with Crippen molar-refractivity contribution in [3.63, 3.8) is 0 Å². The first-order valence-electron chi connectivity index (χ1n) is 11.3. The molecule has 0 aliphatic carbocycles. The van der Waals surface area contributed by atoms with E-state index in [-0.39, 0.29) is 23.8 Å². The molecule has 0 saturated carbocycles. The summed E-state index contributed by atoms with van der Waals surface area (Å²) in [4.78, 5) is 16.2. The van der Waals surface area contributed by atoms with Gasteiger partial charge >= 0.3 is 6.18 Å². The number of ether oxygens (including phenoxy) is 1. The zero-order chi connectivity index (χ0) is 25.8. The van der Waals surface area contributed by atoms with Crippen molar-refractivity contribution in [1.82, 2.24) is 9.80 Å². The number of rotatable bonds is 9. The van der Waals surface area contributed by atoms with Crippen molar-refractivity contribution in [2.45, 2.75) is 45.0 Å². The van der Waals surface area contributed by atoms with Crippen molar-refractivity contribution in [2.75, 3.05) is 20.2 Å². The van der Waals surface area contributed by atoms with Gasteiger partial charge in [0.05, 0.1) is 41.9 Å². The molecule has 2 aromatic carbocycles. The number of nitrogens with one attached hydrogen (secondary N) is 1. The third-order valence-electron chi connectivity index (χ3n) is 6.41. The summed E-state index contributed by atoms with van der Waals surface area (Å²) in [5.41, 5.74) is -1.11. The third-order valence-corrected chi connectivity index (χ3v) is 6.41. The summed E-state index contributed by atoms with van der Waals surface area (Å²) in [6, 6.07) is 12.4. The maximum atomic E-state index is 14.5. The van der Waals surface area contributed by atoms with Gasteiger partial charge in [-0.2, -0.15) is 13.2 Å². The van der Waals surface area contributed by atoms with E-state index in [9.17, 15) is 22.4 Å². The molecule has 1 amide bonds. The lowest BCUT2D eigenvalue weighted by Gasteiger charge is -2.29. The predicted molar refractivity (Wildman–Crippen MR) is 125 cm³/mol. The third kappa shape index (κ3) is 5.73. The number of halogens is 4. The van der Waals surface area contributed by atoms with Crippen LogP contribution in [0.25, 0.3) is 0 Å². The molecule has 1 N–H and O–H groups in total. The molecule has 1 atom stereocenters. The zero-order valence-electron chi connectivity index (χ0n) is 20.0. The predicted octanol–water partition coefficient (Wildman–Crippen LogP) is 5.41. The summed E-state index contributed by atoms with van der Waals surface area (Å²) in [5, 5.41) is 7.87. The maximum Gasteiger partial charge on any atom is 0.416 e. The van der Waals surface area contributed by atoms with Crippen LogP contribution in [0, 0.1) is 11.2 Å². The minimum Gasteiger partial charge on any atom is -0.364 e. The maximum absolute atomic E-state index is 14.5. The molecule has 1 heterocycles. The first-order chi connectivity index (χ1) is 16.5. The van der Waals surface area contributed by atoms with Gasteiger partial charge in [0.1, 0.15) is 5.82 Å². The van der Waals surface area contributed by atoms with Crippen molar-refractivity contribution in [3.05, 3.63) is 82.3 Å². The average molecular weight is 492 g/mol. The number of carbonyl (C=O) groups excluding carboxylic acids is 1. The van der Waals surface area contributed by atoms with Crippen LogP contribution in [0.1, 0.15) is 37.0 Å². The lowest BCUT2D eigenvalue weighted by atomic mass is 9.91. The molecular formula is C26H29F4N3O2. The van der Waals surface area contributed by atoms with Crippen LogP contribution in [-0.2, 0) is 28.7 Å². The van der Waals surface area contributed by atoms with Crippen LogP contribution >= 0.6 is 0 Å². The van der Waals surface area contributed by atoms with Crippen molar-refractivity contribution in [2.24, 2.45) is 0 Å². The van der Waals surface area contributed by atoms with Crippen LogP contribution in [0.2, 0.25) is 0 Å².